The summed E-state index contributed by atoms with van der Waals surface area (Å²) in [6, 6.07) is 5.22. The monoisotopic (exact) mass is 262 g/mol. The van der Waals surface area contributed by atoms with Gasteiger partial charge in [-0.05, 0) is 36.6 Å². The number of carbonyl (C=O) groups is 2. The van der Waals surface area contributed by atoms with Crippen LogP contribution in [0, 0.1) is 5.92 Å². The van der Waals surface area contributed by atoms with Gasteiger partial charge in [0.1, 0.15) is 5.75 Å². The second-order valence-corrected chi connectivity index (χ2v) is 5.22. The summed E-state index contributed by atoms with van der Waals surface area (Å²) in [5, 5.41) is 9.11. The van der Waals surface area contributed by atoms with Gasteiger partial charge in [0.25, 0.3) is 0 Å². The maximum atomic E-state index is 11.7. The van der Waals surface area contributed by atoms with Crippen molar-refractivity contribution in [2.24, 2.45) is 5.92 Å². The van der Waals surface area contributed by atoms with Gasteiger partial charge in [-0.25, -0.2) is 4.79 Å². The van der Waals surface area contributed by atoms with E-state index >= 15 is 0 Å². The molecule has 2 rings (SSSR count). The van der Waals surface area contributed by atoms with Crippen LogP contribution in [0.3, 0.4) is 0 Å². The molecule has 0 saturated heterocycles. The molecule has 1 unspecified atom stereocenters. The molecule has 0 fully saturated rings. The smallest absolute Gasteiger partial charge is 0.345 e. The molecule has 0 amide bonds. The Kier molecular flexibility index (Phi) is 3.88. The summed E-state index contributed by atoms with van der Waals surface area (Å²) >= 11 is 0. The molecular weight excluding hydrogens is 244 g/mol. The van der Waals surface area contributed by atoms with Gasteiger partial charge >= 0.3 is 5.97 Å². The van der Waals surface area contributed by atoms with Crippen LogP contribution in [-0.2, 0) is 11.2 Å². The predicted molar refractivity (Wildman–Crippen MR) is 70.6 cm³/mol. The highest BCUT2D eigenvalue weighted by Gasteiger charge is 2.24. The van der Waals surface area contributed by atoms with Gasteiger partial charge in [0.2, 0.25) is 0 Å². The molecule has 0 aliphatic heterocycles. The highest BCUT2D eigenvalue weighted by atomic mass is 16.5. The van der Waals surface area contributed by atoms with Crippen molar-refractivity contribution in [3.8, 4) is 5.75 Å². The van der Waals surface area contributed by atoms with Crippen molar-refractivity contribution in [1.82, 2.24) is 0 Å². The molecule has 1 atom stereocenters. The van der Waals surface area contributed by atoms with E-state index in [2.05, 4.69) is 0 Å². The summed E-state index contributed by atoms with van der Waals surface area (Å²) in [4.78, 5) is 22.8. The maximum Gasteiger partial charge on any atom is 0.345 e. The quantitative estimate of drug-likeness (QED) is 0.906. The van der Waals surface area contributed by atoms with E-state index in [1.165, 1.54) is 0 Å². The van der Waals surface area contributed by atoms with Crippen molar-refractivity contribution in [2.75, 3.05) is 0 Å². The Hall–Kier alpha value is -1.84. The number of rotatable bonds is 4. The van der Waals surface area contributed by atoms with E-state index in [1.807, 2.05) is 0 Å². The molecule has 0 radical (unpaired) electrons. The third-order valence-electron chi connectivity index (χ3n) is 3.34. The number of benzene rings is 1. The standard InChI is InChI=1S/C15H18O4/c1-9(2)14(15(17)18)19-11-6-7-12-10(8-11)4-3-5-13(12)16/h6-9,14H,3-5H2,1-2H3,(H,17,18). The Morgan fingerprint density at radius 3 is 2.68 bits per heavy atom. The Labute approximate surface area is 112 Å². The van der Waals surface area contributed by atoms with Crippen LogP contribution in [0.25, 0.3) is 0 Å². The van der Waals surface area contributed by atoms with E-state index in [9.17, 15) is 9.59 Å². The number of carbonyl (C=O) groups excluding carboxylic acids is 1. The van der Waals surface area contributed by atoms with Crippen LogP contribution in [0.15, 0.2) is 18.2 Å². The number of ether oxygens (including phenoxy) is 1. The Bertz CT molecular complexity index is 505. The van der Waals surface area contributed by atoms with E-state index in [4.69, 9.17) is 9.84 Å². The van der Waals surface area contributed by atoms with Crippen LogP contribution in [0.4, 0.5) is 0 Å². The van der Waals surface area contributed by atoms with Gasteiger partial charge in [0, 0.05) is 17.9 Å². The fraction of sp³-hybridized carbons (Fsp3) is 0.467. The van der Waals surface area contributed by atoms with Gasteiger partial charge in [-0.15, -0.1) is 0 Å². The molecule has 0 aromatic heterocycles. The molecule has 0 spiro atoms. The molecule has 1 N–H and O–H groups in total. The van der Waals surface area contributed by atoms with Gasteiger partial charge in [0.05, 0.1) is 0 Å². The third kappa shape index (κ3) is 2.95. The lowest BCUT2D eigenvalue weighted by Gasteiger charge is -2.20. The summed E-state index contributed by atoms with van der Waals surface area (Å²) in [7, 11) is 0. The molecule has 1 aliphatic rings. The van der Waals surface area contributed by atoms with Crippen molar-refractivity contribution < 1.29 is 19.4 Å². The molecule has 0 heterocycles. The van der Waals surface area contributed by atoms with Gasteiger partial charge in [-0.3, -0.25) is 4.79 Å². The molecule has 4 heteroatoms. The van der Waals surface area contributed by atoms with Crippen molar-refractivity contribution in [3.05, 3.63) is 29.3 Å². The van der Waals surface area contributed by atoms with Gasteiger partial charge < -0.3 is 9.84 Å². The highest BCUT2D eigenvalue weighted by molar-refractivity contribution is 5.98. The molecule has 19 heavy (non-hydrogen) atoms. The van der Waals surface area contributed by atoms with Gasteiger partial charge in [0.15, 0.2) is 11.9 Å². The number of aryl methyl sites for hydroxylation is 1. The van der Waals surface area contributed by atoms with E-state index in [0.29, 0.717) is 12.2 Å². The topological polar surface area (TPSA) is 63.6 Å². The van der Waals surface area contributed by atoms with Crippen LogP contribution in [0.2, 0.25) is 0 Å². The Morgan fingerprint density at radius 1 is 1.32 bits per heavy atom. The zero-order valence-electron chi connectivity index (χ0n) is 11.2. The first-order valence-corrected chi connectivity index (χ1v) is 6.54. The second-order valence-electron chi connectivity index (χ2n) is 5.22. The SMILES string of the molecule is CC(C)C(Oc1ccc2c(c1)CCCC2=O)C(=O)O. The summed E-state index contributed by atoms with van der Waals surface area (Å²) in [5.41, 5.74) is 1.71. The number of fused-ring (bicyclic) bond motifs is 1. The van der Waals surface area contributed by atoms with E-state index in [1.54, 1.807) is 32.0 Å². The molecule has 1 aromatic rings. The first-order valence-electron chi connectivity index (χ1n) is 6.54. The van der Waals surface area contributed by atoms with Crippen molar-refractivity contribution in [2.45, 2.75) is 39.2 Å². The van der Waals surface area contributed by atoms with Crippen LogP contribution < -0.4 is 4.74 Å². The van der Waals surface area contributed by atoms with E-state index < -0.39 is 12.1 Å². The average molecular weight is 262 g/mol. The lowest BCUT2D eigenvalue weighted by molar-refractivity contribution is -0.147. The number of ketones is 1. The van der Waals surface area contributed by atoms with Crippen molar-refractivity contribution in [3.63, 3.8) is 0 Å². The minimum Gasteiger partial charge on any atom is -0.478 e. The first kappa shape index (κ1) is 13.6. The number of Topliss-reactive ketones (excluding diaryl/α,β-unsaturated/α-hetero) is 1. The molecule has 0 bridgehead atoms. The summed E-state index contributed by atoms with van der Waals surface area (Å²) in [5.74, 6) is -0.403. The first-order chi connectivity index (χ1) is 8.99. The molecule has 1 aliphatic carbocycles. The lowest BCUT2D eigenvalue weighted by atomic mass is 9.90. The predicted octanol–water partition coefficient (Wildman–Crippen LogP) is 2.69. The molecule has 102 valence electrons. The second kappa shape index (κ2) is 5.43. The van der Waals surface area contributed by atoms with E-state index in [-0.39, 0.29) is 11.7 Å². The fourth-order valence-electron chi connectivity index (χ4n) is 2.31. The van der Waals surface area contributed by atoms with Crippen LogP contribution in [0.1, 0.15) is 42.6 Å². The molecule has 0 saturated carbocycles. The van der Waals surface area contributed by atoms with Crippen molar-refractivity contribution in [1.29, 1.82) is 0 Å². The fourth-order valence-corrected chi connectivity index (χ4v) is 2.31. The Morgan fingerprint density at radius 2 is 2.05 bits per heavy atom. The van der Waals surface area contributed by atoms with Gasteiger partial charge in [-0.1, -0.05) is 13.8 Å². The molecule has 4 nitrogen and oxygen atoms in total. The average Bonchev–Trinajstić information content (AvgIpc) is 2.35. The summed E-state index contributed by atoms with van der Waals surface area (Å²) in [6.07, 6.45) is 1.42. The minimum absolute atomic E-state index is 0.116. The Balaban J connectivity index is 2.22. The van der Waals surface area contributed by atoms with Crippen LogP contribution in [-0.4, -0.2) is 23.0 Å². The summed E-state index contributed by atoms with van der Waals surface area (Å²) < 4.78 is 5.53. The lowest BCUT2D eigenvalue weighted by Crippen LogP contribution is -2.32. The maximum absolute atomic E-state index is 11.7. The summed E-state index contributed by atoms with van der Waals surface area (Å²) in [6.45, 7) is 3.61. The van der Waals surface area contributed by atoms with Crippen LogP contribution >= 0.6 is 0 Å². The van der Waals surface area contributed by atoms with Crippen molar-refractivity contribution >= 4 is 11.8 Å². The van der Waals surface area contributed by atoms with E-state index in [0.717, 1.165) is 24.0 Å². The minimum atomic E-state index is -0.969. The zero-order chi connectivity index (χ0) is 14.0. The number of aliphatic carboxylic acids is 1. The van der Waals surface area contributed by atoms with Crippen LogP contribution in [0.5, 0.6) is 5.75 Å². The zero-order valence-corrected chi connectivity index (χ0v) is 11.2. The number of hydrogen-bond acceptors (Lipinski definition) is 3. The number of hydrogen-bond donors (Lipinski definition) is 1. The molecular formula is C15H18O4. The number of carboxylic acid groups (broad SMARTS) is 1. The molecule has 1 aromatic carbocycles. The third-order valence-corrected chi connectivity index (χ3v) is 3.34. The largest absolute Gasteiger partial charge is 0.478 e. The number of carboxylic acids is 1. The normalized spacial score (nSPS) is 16.1. The highest BCUT2D eigenvalue weighted by Crippen LogP contribution is 2.26. The van der Waals surface area contributed by atoms with Gasteiger partial charge in [-0.2, -0.15) is 0 Å².